The van der Waals surface area contributed by atoms with E-state index in [1.807, 2.05) is 11.5 Å². The smallest absolute Gasteiger partial charge is 0.271 e. The van der Waals surface area contributed by atoms with E-state index in [9.17, 15) is 4.79 Å². The van der Waals surface area contributed by atoms with Crippen molar-refractivity contribution in [2.45, 2.75) is 39.8 Å². The van der Waals surface area contributed by atoms with Crippen molar-refractivity contribution >= 4 is 29.5 Å². The number of amides is 1. The Morgan fingerprint density at radius 2 is 2.08 bits per heavy atom. The fourth-order valence-corrected chi connectivity index (χ4v) is 3.67. The molecule has 0 aliphatic heterocycles. The van der Waals surface area contributed by atoms with Gasteiger partial charge in [-0.3, -0.25) is 9.89 Å². The minimum absolute atomic E-state index is 0.220. The maximum atomic E-state index is 12.4. The van der Waals surface area contributed by atoms with Crippen molar-refractivity contribution in [1.82, 2.24) is 25.1 Å². The van der Waals surface area contributed by atoms with Crippen LogP contribution in [0.5, 0.6) is 0 Å². The number of aromatic nitrogens is 4. The zero-order valence-corrected chi connectivity index (χ0v) is 16.6. The van der Waals surface area contributed by atoms with Gasteiger partial charge in [0.25, 0.3) is 5.91 Å². The Kier molecular flexibility index (Phi) is 5.63. The molecule has 0 aliphatic carbocycles. The quantitative estimate of drug-likeness (QED) is 0.624. The Bertz CT molecular complexity index is 953. The number of rotatable bonds is 6. The number of benzene rings is 1. The molecule has 0 unspecified atom stereocenters. The van der Waals surface area contributed by atoms with Gasteiger partial charge in [-0.15, -0.1) is 11.3 Å². The zero-order valence-electron chi connectivity index (χ0n) is 14.9. The molecule has 2 aromatic heterocycles. The summed E-state index contributed by atoms with van der Waals surface area (Å²) in [6.07, 6.45) is 0. The second-order valence-electron chi connectivity index (χ2n) is 6.19. The summed E-state index contributed by atoms with van der Waals surface area (Å²) in [7, 11) is 0. The molecule has 1 aromatic carbocycles. The number of nitrogens with zero attached hydrogens (tertiary/aromatic N) is 3. The van der Waals surface area contributed by atoms with E-state index in [-0.39, 0.29) is 5.91 Å². The predicted molar refractivity (Wildman–Crippen MR) is 106 cm³/mol. The summed E-state index contributed by atoms with van der Waals surface area (Å²) in [5, 5.41) is 12.3. The lowest BCUT2D eigenvalue weighted by Crippen LogP contribution is -2.25. The zero-order chi connectivity index (χ0) is 18.7. The SMILES string of the molecule is CCn1c(CNC(=O)c2csc(-c3ccc(C(C)C)cc3)n2)n[nH]c1=S. The average Bonchev–Trinajstić information content (AvgIpc) is 3.26. The van der Waals surface area contributed by atoms with Crippen LogP contribution in [0.25, 0.3) is 10.6 Å². The molecule has 0 bridgehead atoms. The first kappa shape index (κ1) is 18.5. The number of nitrogens with one attached hydrogen (secondary N) is 2. The number of aromatic amines is 1. The number of hydrogen-bond acceptors (Lipinski definition) is 5. The molecule has 0 fully saturated rings. The fourth-order valence-electron chi connectivity index (χ4n) is 2.58. The van der Waals surface area contributed by atoms with Crippen molar-refractivity contribution in [2.24, 2.45) is 0 Å². The van der Waals surface area contributed by atoms with E-state index in [1.54, 1.807) is 5.38 Å². The highest BCUT2D eigenvalue weighted by molar-refractivity contribution is 7.71. The van der Waals surface area contributed by atoms with Gasteiger partial charge in [-0.05, 0) is 30.6 Å². The largest absolute Gasteiger partial charge is 0.343 e. The summed E-state index contributed by atoms with van der Waals surface area (Å²) in [5.41, 5.74) is 2.72. The Morgan fingerprint density at radius 1 is 1.35 bits per heavy atom. The van der Waals surface area contributed by atoms with Gasteiger partial charge in [-0.2, -0.15) is 5.10 Å². The van der Waals surface area contributed by atoms with Gasteiger partial charge in [0.15, 0.2) is 10.6 Å². The van der Waals surface area contributed by atoms with Crippen LogP contribution < -0.4 is 5.32 Å². The van der Waals surface area contributed by atoms with Crippen molar-refractivity contribution in [3.05, 3.63) is 51.5 Å². The minimum atomic E-state index is -0.220. The monoisotopic (exact) mass is 387 g/mol. The van der Waals surface area contributed by atoms with Crippen LogP contribution >= 0.6 is 23.6 Å². The first-order valence-corrected chi connectivity index (χ1v) is 9.76. The average molecular weight is 388 g/mol. The van der Waals surface area contributed by atoms with E-state index in [4.69, 9.17) is 12.2 Å². The molecule has 0 spiro atoms. The van der Waals surface area contributed by atoms with Crippen LogP contribution in [0.3, 0.4) is 0 Å². The van der Waals surface area contributed by atoms with Crippen LogP contribution in [-0.4, -0.2) is 25.7 Å². The molecule has 0 radical (unpaired) electrons. The highest BCUT2D eigenvalue weighted by Gasteiger charge is 2.13. The number of carbonyl (C=O) groups excluding carboxylic acids is 1. The predicted octanol–water partition coefficient (Wildman–Crippen LogP) is 4.14. The second kappa shape index (κ2) is 7.92. The minimum Gasteiger partial charge on any atom is -0.343 e. The highest BCUT2D eigenvalue weighted by atomic mass is 32.1. The van der Waals surface area contributed by atoms with E-state index in [1.165, 1.54) is 16.9 Å². The number of carbonyl (C=O) groups is 1. The Hall–Kier alpha value is -2.32. The molecule has 0 saturated heterocycles. The first-order valence-electron chi connectivity index (χ1n) is 8.47. The number of H-pyrrole nitrogens is 1. The standard InChI is InChI=1S/C18H21N5OS2/c1-4-23-15(21-22-18(23)25)9-19-16(24)14-10-26-17(20-14)13-7-5-12(6-8-13)11(2)3/h5-8,10-11H,4,9H2,1-3H3,(H,19,24)(H,22,25). The summed E-state index contributed by atoms with van der Waals surface area (Å²) in [6.45, 7) is 7.31. The Labute approximate surface area is 161 Å². The summed E-state index contributed by atoms with van der Waals surface area (Å²) in [6, 6.07) is 8.31. The lowest BCUT2D eigenvalue weighted by atomic mass is 10.0. The molecule has 1 amide bonds. The second-order valence-corrected chi connectivity index (χ2v) is 7.43. The molecule has 2 heterocycles. The van der Waals surface area contributed by atoms with Gasteiger partial charge in [0, 0.05) is 17.5 Å². The number of hydrogen-bond donors (Lipinski definition) is 2. The van der Waals surface area contributed by atoms with Gasteiger partial charge in [0.05, 0.1) is 6.54 Å². The molecule has 0 atom stereocenters. The molecule has 3 rings (SSSR count). The van der Waals surface area contributed by atoms with Gasteiger partial charge >= 0.3 is 0 Å². The van der Waals surface area contributed by atoms with Crippen molar-refractivity contribution < 1.29 is 4.79 Å². The van der Waals surface area contributed by atoms with Crippen LogP contribution in [-0.2, 0) is 13.1 Å². The fraction of sp³-hybridized carbons (Fsp3) is 0.333. The van der Waals surface area contributed by atoms with Crippen molar-refractivity contribution in [1.29, 1.82) is 0 Å². The Morgan fingerprint density at radius 3 is 2.73 bits per heavy atom. The van der Waals surface area contributed by atoms with E-state index >= 15 is 0 Å². The molecular weight excluding hydrogens is 366 g/mol. The lowest BCUT2D eigenvalue weighted by Gasteiger charge is -2.05. The molecular formula is C18H21N5OS2. The number of thiazole rings is 1. The van der Waals surface area contributed by atoms with Crippen LogP contribution in [0, 0.1) is 4.77 Å². The van der Waals surface area contributed by atoms with Crippen molar-refractivity contribution in [2.75, 3.05) is 0 Å². The summed E-state index contributed by atoms with van der Waals surface area (Å²) < 4.78 is 2.40. The third kappa shape index (κ3) is 3.91. The third-order valence-electron chi connectivity index (χ3n) is 4.12. The van der Waals surface area contributed by atoms with Gasteiger partial charge in [-0.25, -0.2) is 4.98 Å². The van der Waals surface area contributed by atoms with Gasteiger partial charge in [0.1, 0.15) is 10.7 Å². The van der Waals surface area contributed by atoms with E-state index < -0.39 is 0 Å². The maximum absolute atomic E-state index is 12.4. The van der Waals surface area contributed by atoms with E-state index in [0.29, 0.717) is 35.3 Å². The van der Waals surface area contributed by atoms with Crippen LogP contribution in [0.4, 0.5) is 0 Å². The molecule has 0 aliphatic rings. The van der Waals surface area contributed by atoms with E-state index in [2.05, 4.69) is 58.6 Å². The summed E-state index contributed by atoms with van der Waals surface area (Å²) in [4.78, 5) is 16.8. The third-order valence-corrected chi connectivity index (χ3v) is 5.32. The van der Waals surface area contributed by atoms with Crippen molar-refractivity contribution in [3.63, 3.8) is 0 Å². The maximum Gasteiger partial charge on any atom is 0.271 e. The van der Waals surface area contributed by atoms with Gasteiger partial charge < -0.3 is 9.88 Å². The van der Waals surface area contributed by atoms with Crippen LogP contribution in [0.2, 0.25) is 0 Å². The summed E-state index contributed by atoms with van der Waals surface area (Å²) in [5.74, 6) is 0.971. The Balaban J connectivity index is 1.68. The molecule has 136 valence electrons. The molecule has 0 saturated carbocycles. The highest BCUT2D eigenvalue weighted by Crippen LogP contribution is 2.25. The molecule has 8 heteroatoms. The van der Waals surface area contributed by atoms with Gasteiger partial charge in [-0.1, -0.05) is 38.1 Å². The lowest BCUT2D eigenvalue weighted by molar-refractivity contribution is 0.0945. The van der Waals surface area contributed by atoms with Gasteiger partial charge in [0.2, 0.25) is 0 Å². The topological polar surface area (TPSA) is 75.6 Å². The first-order chi connectivity index (χ1) is 12.5. The summed E-state index contributed by atoms with van der Waals surface area (Å²) >= 11 is 6.61. The molecule has 3 aromatic rings. The molecule has 6 nitrogen and oxygen atoms in total. The van der Waals surface area contributed by atoms with Crippen molar-refractivity contribution in [3.8, 4) is 10.6 Å². The van der Waals surface area contributed by atoms with E-state index in [0.717, 1.165) is 10.6 Å². The normalized spacial score (nSPS) is 11.1. The molecule has 26 heavy (non-hydrogen) atoms. The van der Waals surface area contributed by atoms with Crippen LogP contribution in [0.15, 0.2) is 29.6 Å². The van der Waals surface area contributed by atoms with Crippen LogP contribution in [0.1, 0.15) is 48.6 Å². The molecule has 2 N–H and O–H groups in total.